The van der Waals surface area contributed by atoms with Crippen molar-refractivity contribution in [3.05, 3.63) is 35.6 Å². The molecule has 0 aromatic heterocycles. The first kappa shape index (κ1) is 12.4. The number of nitrogens with one attached hydrogen (secondary N) is 1. The molecule has 1 aromatic rings. The van der Waals surface area contributed by atoms with Gasteiger partial charge >= 0.3 is 5.97 Å². The van der Waals surface area contributed by atoms with Gasteiger partial charge in [-0.15, -0.1) is 0 Å². The lowest BCUT2D eigenvalue weighted by atomic mass is 10.0. The summed E-state index contributed by atoms with van der Waals surface area (Å²) in [6.45, 7) is 0. The maximum Gasteiger partial charge on any atom is 0.304 e. The third kappa shape index (κ3) is 4.13. The number of carboxylic acids is 1. The van der Waals surface area contributed by atoms with Crippen molar-refractivity contribution in [2.45, 2.75) is 18.9 Å². The van der Waals surface area contributed by atoms with Crippen LogP contribution in [0, 0.1) is 5.82 Å². The molecule has 0 aliphatic rings. The maximum absolute atomic E-state index is 13.2. The zero-order valence-corrected chi connectivity index (χ0v) is 10.1. The second-order valence-corrected chi connectivity index (χ2v) is 3.82. The number of rotatable bonds is 5. The number of benzene rings is 1. The third-order valence-corrected chi connectivity index (χ3v) is 2.88. The van der Waals surface area contributed by atoms with Crippen LogP contribution in [0.25, 0.3) is 0 Å². The highest BCUT2D eigenvalue weighted by molar-refractivity contribution is 14.1. The molecule has 0 saturated carbocycles. The van der Waals surface area contributed by atoms with Crippen LogP contribution in [0.1, 0.15) is 12.0 Å². The van der Waals surface area contributed by atoms with Crippen LogP contribution in [0.5, 0.6) is 0 Å². The Kier molecular flexibility index (Phi) is 4.97. The maximum atomic E-state index is 13.2. The number of halogens is 2. The Hall–Kier alpha value is -0.690. The molecule has 0 radical (unpaired) electrons. The molecule has 0 fully saturated rings. The Morgan fingerprint density at radius 3 is 2.73 bits per heavy atom. The highest BCUT2D eigenvalue weighted by Crippen LogP contribution is 2.11. The smallest absolute Gasteiger partial charge is 0.304 e. The lowest BCUT2D eigenvalue weighted by Crippen LogP contribution is -2.26. The van der Waals surface area contributed by atoms with E-state index in [9.17, 15) is 9.18 Å². The summed E-state index contributed by atoms with van der Waals surface area (Å²) in [5, 5.41) is 8.63. The van der Waals surface area contributed by atoms with Gasteiger partial charge in [0.15, 0.2) is 0 Å². The van der Waals surface area contributed by atoms with Crippen molar-refractivity contribution in [3.8, 4) is 0 Å². The van der Waals surface area contributed by atoms with E-state index in [4.69, 9.17) is 5.11 Å². The zero-order chi connectivity index (χ0) is 11.3. The Morgan fingerprint density at radius 2 is 2.20 bits per heavy atom. The van der Waals surface area contributed by atoms with Crippen molar-refractivity contribution in [1.82, 2.24) is 3.53 Å². The molecule has 2 N–H and O–H groups in total. The highest BCUT2D eigenvalue weighted by Gasteiger charge is 2.14. The monoisotopic (exact) mass is 323 g/mol. The van der Waals surface area contributed by atoms with Gasteiger partial charge in [0.1, 0.15) is 5.82 Å². The van der Waals surface area contributed by atoms with Gasteiger partial charge in [0, 0.05) is 28.9 Å². The number of hydrogen-bond acceptors (Lipinski definition) is 2. The normalized spacial score (nSPS) is 12.4. The van der Waals surface area contributed by atoms with Gasteiger partial charge in [0.25, 0.3) is 0 Å². The summed E-state index contributed by atoms with van der Waals surface area (Å²) in [5.74, 6) is -1.18. The second-order valence-electron chi connectivity index (χ2n) is 3.20. The van der Waals surface area contributed by atoms with E-state index >= 15 is 0 Å². The summed E-state index contributed by atoms with van der Waals surface area (Å²) in [7, 11) is 0. The zero-order valence-electron chi connectivity index (χ0n) is 7.91. The van der Waals surface area contributed by atoms with Gasteiger partial charge in [-0.25, -0.2) is 4.39 Å². The molecule has 0 bridgehead atoms. The molecule has 1 rings (SSSR count). The number of carboxylic acid groups (broad SMARTS) is 1. The topological polar surface area (TPSA) is 49.3 Å². The Bertz CT molecular complexity index is 346. The average Bonchev–Trinajstić information content (AvgIpc) is 2.19. The minimum atomic E-state index is -0.888. The largest absolute Gasteiger partial charge is 0.481 e. The minimum Gasteiger partial charge on any atom is -0.481 e. The predicted octanol–water partition coefficient (Wildman–Crippen LogP) is 2.15. The molecular formula is C10H11FINO2. The van der Waals surface area contributed by atoms with E-state index in [0.29, 0.717) is 12.0 Å². The van der Waals surface area contributed by atoms with E-state index < -0.39 is 5.97 Å². The van der Waals surface area contributed by atoms with Crippen molar-refractivity contribution in [2.75, 3.05) is 0 Å². The average molecular weight is 323 g/mol. The molecule has 0 heterocycles. The van der Waals surface area contributed by atoms with E-state index in [2.05, 4.69) is 3.53 Å². The van der Waals surface area contributed by atoms with Crippen LogP contribution >= 0.6 is 22.9 Å². The molecule has 82 valence electrons. The standard InChI is InChI=1S/C10H11FINO2/c11-9-4-2-1-3-7(9)5-8(13-12)6-10(14)15/h1-4,8,13H,5-6H2,(H,14,15). The summed E-state index contributed by atoms with van der Waals surface area (Å²) in [4.78, 5) is 10.5. The first-order valence-corrected chi connectivity index (χ1v) is 5.52. The second kappa shape index (κ2) is 6.02. The fourth-order valence-corrected chi connectivity index (χ4v) is 1.73. The van der Waals surface area contributed by atoms with Gasteiger partial charge in [-0.2, -0.15) is 0 Å². The minimum absolute atomic E-state index is 0.0166. The Balaban J connectivity index is 2.66. The van der Waals surface area contributed by atoms with Gasteiger partial charge in [0.05, 0.1) is 6.42 Å². The van der Waals surface area contributed by atoms with E-state index in [1.165, 1.54) is 6.07 Å². The molecular weight excluding hydrogens is 312 g/mol. The van der Waals surface area contributed by atoms with Crippen molar-refractivity contribution < 1.29 is 14.3 Å². The fraction of sp³-hybridized carbons (Fsp3) is 0.300. The summed E-state index contributed by atoms with van der Waals surface area (Å²) >= 11 is 1.89. The number of aliphatic carboxylic acids is 1. The molecule has 0 amide bonds. The lowest BCUT2D eigenvalue weighted by Gasteiger charge is -2.12. The van der Waals surface area contributed by atoms with Gasteiger partial charge in [-0.05, 0) is 18.1 Å². The van der Waals surface area contributed by atoms with Gasteiger partial charge < -0.3 is 5.11 Å². The van der Waals surface area contributed by atoms with Crippen molar-refractivity contribution in [2.24, 2.45) is 0 Å². The molecule has 1 atom stereocenters. The van der Waals surface area contributed by atoms with Crippen LogP contribution in [-0.2, 0) is 11.2 Å². The fourth-order valence-electron chi connectivity index (χ4n) is 1.29. The molecule has 3 nitrogen and oxygen atoms in total. The van der Waals surface area contributed by atoms with Gasteiger partial charge in [-0.1, -0.05) is 18.2 Å². The Labute approximate surface area is 101 Å². The van der Waals surface area contributed by atoms with E-state index in [-0.39, 0.29) is 18.3 Å². The molecule has 0 saturated heterocycles. The lowest BCUT2D eigenvalue weighted by molar-refractivity contribution is -0.137. The Morgan fingerprint density at radius 1 is 1.53 bits per heavy atom. The summed E-state index contributed by atoms with van der Waals surface area (Å²) in [6, 6.07) is 6.14. The van der Waals surface area contributed by atoms with Crippen LogP contribution in [0.3, 0.4) is 0 Å². The van der Waals surface area contributed by atoms with E-state index in [0.717, 1.165) is 0 Å². The first-order chi connectivity index (χ1) is 7.13. The number of hydrogen-bond donors (Lipinski definition) is 2. The third-order valence-electron chi connectivity index (χ3n) is 2.00. The highest BCUT2D eigenvalue weighted by atomic mass is 127. The number of carbonyl (C=O) groups is 1. The molecule has 0 spiro atoms. The molecule has 1 aromatic carbocycles. The molecule has 1 unspecified atom stereocenters. The SMILES string of the molecule is O=C(O)CC(Cc1ccccc1F)NI. The van der Waals surface area contributed by atoms with E-state index in [1.807, 2.05) is 22.9 Å². The first-order valence-electron chi connectivity index (χ1n) is 4.45. The van der Waals surface area contributed by atoms with E-state index in [1.54, 1.807) is 18.2 Å². The van der Waals surface area contributed by atoms with Gasteiger partial charge in [0.2, 0.25) is 0 Å². The van der Waals surface area contributed by atoms with Crippen molar-refractivity contribution in [3.63, 3.8) is 0 Å². The quantitative estimate of drug-likeness (QED) is 0.645. The van der Waals surface area contributed by atoms with Crippen LogP contribution < -0.4 is 3.53 Å². The molecule has 0 aliphatic carbocycles. The molecule has 5 heteroatoms. The van der Waals surface area contributed by atoms with Crippen LogP contribution in [0.15, 0.2) is 24.3 Å². The molecule has 15 heavy (non-hydrogen) atoms. The van der Waals surface area contributed by atoms with Gasteiger partial charge in [-0.3, -0.25) is 8.32 Å². The molecule has 0 aliphatic heterocycles. The van der Waals surface area contributed by atoms with Crippen LogP contribution in [0.2, 0.25) is 0 Å². The van der Waals surface area contributed by atoms with Crippen molar-refractivity contribution >= 4 is 28.8 Å². The summed E-state index contributed by atoms with van der Waals surface area (Å²) in [6.07, 6.45) is 0.360. The predicted molar refractivity (Wildman–Crippen MR) is 63.3 cm³/mol. The summed E-state index contributed by atoms with van der Waals surface area (Å²) in [5.41, 5.74) is 0.535. The van der Waals surface area contributed by atoms with Crippen LogP contribution in [-0.4, -0.2) is 17.1 Å². The summed E-state index contributed by atoms with van der Waals surface area (Å²) < 4.78 is 16.1. The van der Waals surface area contributed by atoms with Crippen LogP contribution in [0.4, 0.5) is 4.39 Å². The van der Waals surface area contributed by atoms with Crippen molar-refractivity contribution in [1.29, 1.82) is 0 Å².